The molecule has 0 bridgehead atoms. The molecular weight excluding hydrogens is 554 g/mol. The van der Waals surface area contributed by atoms with Crippen LogP contribution in [0.2, 0.25) is 5.02 Å². The number of hydrogen-bond donors (Lipinski definition) is 2. The van der Waals surface area contributed by atoms with Crippen LogP contribution in [-0.2, 0) is 10.5 Å². The first-order valence-corrected chi connectivity index (χ1v) is 15.1. The smallest absolute Gasteiger partial charge is 0.255 e. The topological polar surface area (TPSA) is 81.1 Å². The normalized spacial score (nSPS) is 14.4. The van der Waals surface area contributed by atoms with Gasteiger partial charge in [-0.05, 0) is 73.7 Å². The average molecular weight is 588 g/mol. The van der Waals surface area contributed by atoms with Gasteiger partial charge in [-0.3, -0.25) is 4.79 Å². The van der Waals surface area contributed by atoms with Gasteiger partial charge in [0.2, 0.25) is 11.1 Å². The van der Waals surface area contributed by atoms with E-state index >= 15 is 0 Å². The van der Waals surface area contributed by atoms with Crippen molar-refractivity contribution in [2.75, 3.05) is 17.2 Å². The lowest BCUT2D eigenvalue weighted by Gasteiger charge is -2.29. The molecule has 0 aliphatic carbocycles. The number of hydrogen-bond acceptors (Lipinski definition) is 6. The Hall–Kier alpha value is -3.75. The number of amides is 1. The quantitative estimate of drug-likeness (QED) is 0.145. The van der Waals surface area contributed by atoms with Gasteiger partial charge in [0.25, 0.3) is 5.91 Å². The lowest BCUT2D eigenvalue weighted by Crippen LogP contribution is -2.31. The molecule has 1 unspecified atom stereocenters. The zero-order chi connectivity index (χ0) is 28.9. The van der Waals surface area contributed by atoms with E-state index in [0.717, 1.165) is 52.2 Å². The zero-order valence-corrected chi connectivity index (χ0v) is 25.3. The predicted octanol–water partition coefficient (Wildman–Crippen LogP) is 7.95. The van der Waals surface area contributed by atoms with E-state index in [4.69, 9.17) is 26.4 Å². The Bertz CT molecular complexity index is 1600. The molecule has 1 aliphatic heterocycles. The van der Waals surface area contributed by atoms with E-state index in [1.807, 2.05) is 87.5 Å². The first kappa shape index (κ1) is 28.8. The highest BCUT2D eigenvalue weighted by Crippen LogP contribution is 2.38. The fraction of sp³-hybridized carbons (Fsp3) is 0.281. The number of ether oxygens (including phenoxy) is 1. The second kappa shape index (κ2) is 12.8. The molecule has 0 fully saturated rings. The number of thioether (sulfide) groups is 1. The number of benzene rings is 3. The Balaban J connectivity index is 1.51. The van der Waals surface area contributed by atoms with Crippen LogP contribution in [0.3, 0.4) is 0 Å². The van der Waals surface area contributed by atoms with E-state index in [-0.39, 0.29) is 5.91 Å². The van der Waals surface area contributed by atoms with E-state index in [0.29, 0.717) is 34.1 Å². The van der Waals surface area contributed by atoms with Gasteiger partial charge in [0.05, 0.1) is 12.2 Å². The van der Waals surface area contributed by atoms with Crippen LogP contribution in [0, 0.1) is 13.8 Å². The minimum atomic E-state index is -0.506. The van der Waals surface area contributed by atoms with Crippen molar-refractivity contribution in [1.29, 1.82) is 0 Å². The lowest BCUT2D eigenvalue weighted by atomic mass is 9.94. The minimum Gasteiger partial charge on any atom is -0.494 e. The second-order valence-corrected chi connectivity index (χ2v) is 11.4. The molecule has 2 N–H and O–H groups in total. The molecule has 7 nitrogen and oxygen atoms in total. The third kappa shape index (κ3) is 6.44. The summed E-state index contributed by atoms with van der Waals surface area (Å²) in [5, 5.41) is 12.7. The van der Waals surface area contributed by atoms with Gasteiger partial charge in [0.15, 0.2) is 0 Å². The van der Waals surface area contributed by atoms with Gasteiger partial charge in [-0.1, -0.05) is 79.2 Å². The zero-order valence-electron chi connectivity index (χ0n) is 23.7. The van der Waals surface area contributed by atoms with Crippen LogP contribution in [-0.4, -0.2) is 27.3 Å². The summed E-state index contributed by atoms with van der Waals surface area (Å²) in [5.41, 5.74) is 6.12. The third-order valence-corrected chi connectivity index (χ3v) is 8.44. The molecule has 1 aliphatic rings. The Labute approximate surface area is 250 Å². The third-order valence-electron chi connectivity index (χ3n) is 7.19. The lowest BCUT2D eigenvalue weighted by molar-refractivity contribution is -0.113. The van der Waals surface area contributed by atoms with Gasteiger partial charge < -0.3 is 15.4 Å². The molecule has 0 radical (unpaired) electrons. The number of carbonyl (C=O) groups excluding carboxylic acids is 1. The van der Waals surface area contributed by atoms with Gasteiger partial charge in [0, 0.05) is 22.2 Å². The van der Waals surface area contributed by atoms with Gasteiger partial charge in [-0.2, -0.15) is 4.98 Å². The monoisotopic (exact) mass is 587 g/mol. The van der Waals surface area contributed by atoms with Gasteiger partial charge >= 0.3 is 0 Å². The highest BCUT2D eigenvalue weighted by atomic mass is 35.5. The summed E-state index contributed by atoms with van der Waals surface area (Å²) in [6, 6.07) is 21.1. The van der Waals surface area contributed by atoms with Crippen molar-refractivity contribution < 1.29 is 9.53 Å². The van der Waals surface area contributed by atoms with Crippen LogP contribution in [0.4, 0.5) is 11.6 Å². The number of rotatable bonds is 10. The van der Waals surface area contributed by atoms with Crippen LogP contribution in [0.15, 0.2) is 83.2 Å². The molecule has 0 spiro atoms. The van der Waals surface area contributed by atoms with Crippen molar-refractivity contribution in [1.82, 2.24) is 14.8 Å². The molecule has 4 aromatic rings. The van der Waals surface area contributed by atoms with E-state index in [9.17, 15) is 4.79 Å². The van der Waals surface area contributed by atoms with E-state index in [1.165, 1.54) is 11.8 Å². The molecule has 0 saturated carbocycles. The summed E-state index contributed by atoms with van der Waals surface area (Å²) in [5.74, 6) is 1.77. The second-order valence-electron chi connectivity index (χ2n) is 10.1. The molecule has 9 heteroatoms. The largest absolute Gasteiger partial charge is 0.494 e. The number of halogens is 1. The van der Waals surface area contributed by atoms with Crippen LogP contribution in [0.1, 0.15) is 55.0 Å². The number of anilines is 2. The standard InChI is InChI=1S/C32H34ClN5O2S/c1-5-6-17-40-25-14-10-13-23(18-25)29-28(30(39)35-27-16-9-11-20(2)21(27)3)22(4)34-31-36-32(37-38(29)31)41-19-24-12-7-8-15-26(24)33/h7-16,18,29H,5-6,17,19H2,1-4H3,(H,35,39)(H,34,36,37). The van der Waals surface area contributed by atoms with Crippen molar-refractivity contribution in [3.63, 3.8) is 0 Å². The molecule has 1 aromatic heterocycles. The maximum absolute atomic E-state index is 14.0. The van der Waals surface area contributed by atoms with Crippen molar-refractivity contribution in [3.8, 4) is 5.75 Å². The number of unbranched alkanes of at least 4 members (excludes halogenated alkanes) is 1. The van der Waals surface area contributed by atoms with Crippen molar-refractivity contribution in [2.45, 2.75) is 57.5 Å². The van der Waals surface area contributed by atoms with Gasteiger partial charge in [-0.25, -0.2) is 4.68 Å². The number of nitrogens with one attached hydrogen (secondary N) is 2. The first-order chi connectivity index (χ1) is 19.9. The summed E-state index contributed by atoms with van der Waals surface area (Å²) >= 11 is 7.88. The maximum atomic E-state index is 14.0. The molecule has 2 heterocycles. The Morgan fingerprint density at radius 1 is 1.10 bits per heavy atom. The van der Waals surface area contributed by atoms with Crippen LogP contribution >= 0.6 is 23.4 Å². The van der Waals surface area contributed by atoms with Gasteiger partial charge in [0.1, 0.15) is 11.8 Å². The first-order valence-electron chi connectivity index (χ1n) is 13.8. The summed E-state index contributed by atoms with van der Waals surface area (Å²) in [6.07, 6.45) is 2.02. The van der Waals surface area contributed by atoms with Crippen molar-refractivity contribution in [2.24, 2.45) is 0 Å². The summed E-state index contributed by atoms with van der Waals surface area (Å²) < 4.78 is 7.82. The number of aromatic nitrogens is 3. The van der Waals surface area contributed by atoms with E-state index < -0.39 is 6.04 Å². The fourth-order valence-corrected chi connectivity index (χ4v) is 5.85. The van der Waals surface area contributed by atoms with Crippen LogP contribution in [0.5, 0.6) is 5.75 Å². The number of aryl methyl sites for hydroxylation is 1. The summed E-state index contributed by atoms with van der Waals surface area (Å²) in [6.45, 7) is 8.72. The molecule has 5 rings (SSSR count). The minimum absolute atomic E-state index is 0.197. The van der Waals surface area contributed by atoms with Crippen molar-refractivity contribution in [3.05, 3.63) is 105 Å². The van der Waals surface area contributed by atoms with E-state index in [2.05, 4.69) is 17.6 Å². The maximum Gasteiger partial charge on any atom is 0.255 e. The molecule has 0 saturated heterocycles. The molecule has 1 amide bonds. The Kier molecular flexibility index (Phi) is 9.00. The van der Waals surface area contributed by atoms with Crippen LogP contribution in [0.25, 0.3) is 0 Å². The Morgan fingerprint density at radius 3 is 2.71 bits per heavy atom. The SMILES string of the molecule is CCCCOc1cccc(C2C(C(=O)Nc3cccc(C)c3C)=C(C)Nc3nc(SCc4ccccc4Cl)nn32)c1. The highest BCUT2D eigenvalue weighted by Gasteiger charge is 2.35. The predicted molar refractivity (Wildman–Crippen MR) is 167 cm³/mol. The van der Waals surface area contributed by atoms with E-state index in [1.54, 1.807) is 4.68 Å². The molecule has 3 aromatic carbocycles. The average Bonchev–Trinajstić information content (AvgIpc) is 3.37. The summed E-state index contributed by atoms with van der Waals surface area (Å²) in [4.78, 5) is 18.7. The molecule has 1 atom stereocenters. The van der Waals surface area contributed by atoms with Crippen LogP contribution < -0.4 is 15.4 Å². The number of nitrogens with zero attached hydrogens (tertiary/aromatic N) is 3. The number of allylic oxidation sites excluding steroid dienone is 1. The van der Waals surface area contributed by atoms with Gasteiger partial charge in [-0.15, -0.1) is 5.10 Å². The number of carbonyl (C=O) groups is 1. The highest BCUT2D eigenvalue weighted by molar-refractivity contribution is 7.98. The molecule has 41 heavy (non-hydrogen) atoms. The fourth-order valence-electron chi connectivity index (χ4n) is 4.74. The number of fused-ring (bicyclic) bond motifs is 1. The molecule has 212 valence electrons. The summed E-state index contributed by atoms with van der Waals surface area (Å²) in [7, 11) is 0. The Morgan fingerprint density at radius 2 is 1.90 bits per heavy atom. The van der Waals surface area contributed by atoms with Crippen molar-refractivity contribution >= 4 is 40.9 Å². The molecular formula is C32H34ClN5O2S.